The fraction of sp³-hybridized carbons (Fsp3) is 0.400. The molecule has 2 aromatic rings. The van der Waals surface area contributed by atoms with E-state index in [1.165, 1.54) is 0 Å². The maximum Gasteiger partial charge on any atom is 0.253 e. The second-order valence-corrected chi connectivity index (χ2v) is 4.85. The van der Waals surface area contributed by atoms with Crippen LogP contribution in [0.5, 0.6) is 0 Å². The molecule has 0 fully saturated rings. The molecule has 0 radical (unpaired) electrons. The van der Waals surface area contributed by atoms with Crippen molar-refractivity contribution in [3.8, 4) is 5.69 Å². The van der Waals surface area contributed by atoms with Crippen molar-refractivity contribution in [1.82, 2.24) is 20.1 Å². The van der Waals surface area contributed by atoms with Crippen molar-refractivity contribution in [2.45, 2.75) is 25.7 Å². The van der Waals surface area contributed by atoms with Crippen molar-refractivity contribution in [3.63, 3.8) is 0 Å². The number of rotatable bonds is 8. The number of nitrogens with zero attached hydrogens (tertiary/aromatic N) is 3. The van der Waals surface area contributed by atoms with Crippen LogP contribution in [0.15, 0.2) is 36.9 Å². The van der Waals surface area contributed by atoms with E-state index < -0.39 is 0 Å². The highest BCUT2D eigenvalue weighted by molar-refractivity contribution is 5.97. The summed E-state index contributed by atoms with van der Waals surface area (Å²) >= 11 is 0. The van der Waals surface area contributed by atoms with Crippen LogP contribution >= 0.6 is 0 Å². The number of carbonyl (C=O) groups excluding carboxylic acids is 1. The molecule has 1 aromatic heterocycles. The van der Waals surface area contributed by atoms with Crippen LogP contribution in [0.4, 0.5) is 0 Å². The number of hydrogen-bond donors (Lipinski definition) is 2. The summed E-state index contributed by atoms with van der Waals surface area (Å²) in [6, 6.07) is 7.42. The van der Waals surface area contributed by atoms with Gasteiger partial charge in [-0.05, 0) is 31.5 Å². The highest BCUT2D eigenvalue weighted by atomic mass is 16.1. The van der Waals surface area contributed by atoms with Crippen molar-refractivity contribution in [2.24, 2.45) is 5.73 Å². The zero-order chi connectivity index (χ0) is 14.9. The Kier molecular flexibility index (Phi) is 5.90. The molecule has 0 saturated heterocycles. The van der Waals surface area contributed by atoms with Gasteiger partial charge in [-0.2, -0.15) is 0 Å². The Labute approximate surface area is 124 Å². The maximum absolute atomic E-state index is 12.3. The second-order valence-electron chi connectivity index (χ2n) is 4.85. The number of hydrogen-bond acceptors (Lipinski definition) is 4. The van der Waals surface area contributed by atoms with Crippen LogP contribution in [-0.2, 0) is 0 Å². The Bertz CT molecular complexity index is 553. The molecule has 21 heavy (non-hydrogen) atoms. The van der Waals surface area contributed by atoms with Crippen LogP contribution in [-0.4, -0.2) is 33.8 Å². The third-order valence-electron chi connectivity index (χ3n) is 3.26. The first-order valence-electron chi connectivity index (χ1n) is 7.25. The average molecular weight is 287 g/mol. The number of para-hydroxylation sites is 1. The minimum absolute atomic E-state index is 0.0712. The monoisotopic (exact) mass is 287 g/mol. The molecule has 0 aliphatic rings. The molecule has 1 heterocycles. The zero-order valence-corrected chi connectivity index (χ0v) is 12.0. The lowest BCUT2D eigenvalue weighted by Gasteiger charge is -2.10. The number of nitrogens with two attached hydrogens (primary N) is 1. The van der Waals surface area contributed by atoms with Gasteiger partial charge in [0.05, 0.1) is 11.3 Å². The van der Waals surface area contributed by atoms with Crippen LogP contribution < -0.4 is 11.1 Å². The van der Waals surface area contributed by atoms with Crippen LogP contribution in [0.25, 0.3) is 5.69 Å². The molecule has 0 saturated carbocycles. The van der Waals surface area contributed by atoms with Crippen LogP contribution in [0, 0.1) is 0 Å². The number of aromatic nitrogens is 3. The smallest absolute Gasteiger partial charge is 0.253 e. The first kappa shape index (κ1) is 15.2. The van der Waals surface area contributed by atoms with E-state index in [4.69, 9.17) is 5.73 Å². The summed E-state index contributed by atoms with van der Waals surface area (Å²) in [6.07, 6.45) is 7.39. The molecule has 0 aliphatic heterocycles. The molecule has 0 atom stereocenters. The quantitative estimate of drug-likeness (QED) is 0.721. The van der Waals surface area contributed by atoms with Crippen molar-refractivity contribution < 1.29 is 4.79 Å². The molecule has 0 unspecified atom stereocenters. The van der Waals surface area contributed by atoms with Gasteiger partial charge in [-0.15, -0.1) is 10.2 Å². The molecule has 6 nitrogen and oxygen atoms in total. The molecule has 0 aliphatic carbocycles. The third kappa shape index (κ3) is 4.39. The third-order valence-corrected chi connectivity index (χ3v) is 3.26. The lowest BCUT2D eigenvalue weighted by atomic mass is 10.1. The van der Waals surface area contributed by atoms with E-state index in [0.29, 0.717) is 12.1 Å². The average Bonchev–Trinajstić information content (AvgIpc) is 3.05. The van der Waals surface area contributed by atoms with Crippen LogP contribution in [0.2, 0.25) is 0 Å². The van der Waals surface area contributed by atoms with Gasteiger partial charge in [-0.3, -0.25) is 9.36 Å². The number of benzene rings is 1. The SMILES string of the molecule is NCCCCCCNC(=O)c1ccccc1-n1cnnc1. The number of unbranched alkanes of at least 4 members (excludes halogenated alkanes) is 3. The van der Waals surface area contributed by atoms with Gasteiger partial charge in [0.25, 0.3) is 5.91 Å². The Balaban J connectivity index is 1.91. The van der Waals surface area contributed by atoms with Crippen molar-refractivity contribution in [1.29, 1.82) is 0 Å². The van der Waals surface area contributed by atoms with Crippen molar-refractivity contribution in [2.75, 3.05) is 13.1 Å². The highest BCUT2D eigenvalue weighted by Gasteiger charge is 2.11. The van der Waals surface area contributed by atoms with E-state index in [1.807, 2.05) is 18.2 Å². The molecule has 3 N–H and O–H groups in total. The van der Waals surface area contributed by atoms with Gasteiger partial charge < -0.3 is 11.1 Å². The van der Waals surface area contributed by atoms with Gasteiger partial charge in [0, 0.05) is 6.54 Å². The molecule has 2 rings (SSSR count). The van der Waals surface area contributed by atoms with Crippen LogP contribution in [0.3, 0.4) is 0 Å². The summed E-state index contributed by atoms with van der Waals surface area (Å²) < 4.78 is 1.73. The van der Waals surface area contributed by atoms with Crippen molar-refractivity contribution >= 4 is 5.91 Å². The Morgan fingerprint density at radius 3 is 2.57 bits per heavy atom. The van der Waals surface area contributed by atoms with E-state index in [-0.39, 0.29) is 5.91 Å². The first-order valence-corrected chi connectivity index (χ1v) is 7.25. The van der Waals surface area contributed by atoms with Gasteiger partial charge in [-0.1, -0.05) is 25.0 Å². The van der Waals surface area contributed by atoms with Crippen LogP contribution in [0.1, 0.15) is 36.0 Å². The predicted octanol–water partition coefficient (Wildman–Crippen LogP) is 1.52. The lowest BCUT2D eigenvalue weighted by Crippen LogP contribution is -2.25. The van der Waals surface area contributed by atoms with Gasteiger partial charge in [0.2, 0.25) is 0 Å². The summed E-state index contributed by atoms with van der Waals surface area (Å²) in [7, 11) is 0. The minimum atomic E-state index is -0.0712. The van der Waals surface area contributed by atoms with Crippen molar-refractivity contribution in [3.05, 3.63) is 42.5 Å². The summed E-state index contributed by atoms with van der Waals surface area (Å²) in [5.74, 6) is -0.0712. The molecule has 6 heteroatoms. The topological polar surface area (TPSA) is 85.8 Å². The molecule has 112 valence electrons. The fourth-order valence-electron chi connectivity index (χ4n) is 2.14. The lowest BCUT2D eigenvalue weighted by molar-refractivity contribution is 0.0953. The summed E-state index contributed by atoms with van der Waals surface area (Å²) in [5.41, 5.74) is 6.85. The molecule has 0 spiro atoms. The highest BCUT2D eigenvalue weighted by Crippen LogP contribution is 2.13. The Morgan fingerprint density at radius 1 is 1.10 bits per heavy atom. The predicted molar refractivity (Wildman–Crippen MR) is 81.2 cm³/mol. The first-order chi connectivity index (χ1) is 10.3. The van der Waals surface area contributed by atoms with E-state index in [1.54, 1.807) is 23.3 Å². The minimum Gasteiger partial charge on any atom is -0.352 e. The molecule has 1 amide bonds. The van der Waals surface area contributed by atoms with Gasteiger partial charge in [0.15, 0.2) is 0 Å². The second kappa shape index (κ2) is 8.16. The Hall–Kier alpha value is -2.21. The van der Waals surface area contributed by atoms with E-state index in [9.17, 15) is 4.79 Å². The summed E-state index contributed by atoms with van der Waals surface area (Å²) in [5, 5.41) is 10.5. The number of nitrogens with one attached hydrogen (secondary N) is 1. The maximum atomic E-state index is 12.3. The fourth-order valence-corrected chi connectivity index (χ4v) is 2.14. The van der Waals surface area contributed by atoms with E-state index in [2.05, 4.69) is 15.5 Å². The molecule has 0 bridgehead atoms. The number of carbonyl (C=O) groups is 1. The summed E-state index contributed by atoms with van der Waals surface area (Å²) in [4.78, 5) is 12.3. The standard InChI is InChI=1S/C15H21N5O/c16-9-5-1-2-6-10-17-15(21)13-7-3-4-8-14(13)20-11-18-19-12-20/h3-4,7-8,11-12H,1-2,5-6,9-10,16H2,(H,17,21). The Morgan fingerprint density at radius 2 is 1.81 bits per heavy atom. The van der Waals surface area contributed by atoms with Gasteiger partial charge >= 0.3 is 0 Å². The summed E-state index contributed by atoms with van der Waals surface area (Å²) in [6.45, 7) is 1.42. The van der Waals surface area contributed by atoms with E-state index >= 15 is 0 Å². The molecular weight excluding hydrogens is 266 g/mol. The van der Waals surface area contributed by atoms with E-state index in [0.717, 1.165) is 37.9 Å². The zero-order valence-electron chi connectivity index (χ0n) is 12.0. The number of amides is 1. The largest absolute Gasteiger partial charge is 0.352 e. The molecular formula is C15H21N5O. The van der Waals surface area contributed by atoms with Gasteiger partial charge in [-0.25, -0.2) is 0 Å². The van der Waals surface area contributed by atoms with Gasteiger partial charge in [0.1, 0.15) is 12.7 Å². The molecule has 1 aromatic carbocycles. The normalized spacial score (nSPS) is 10.5.